The van der Waals surface area contributed by atoms with Crippen LogP contribution in [0.4, 0.5) is 0 Å². The van der Waals surface area contributed by atoms with Gasteiger partial charge in [-0.05, 0) is 43.2 Å². The van der Waals surface area contributed by atoms with E-state index < -0.39 is 0 Å². The van der Waals surface area contributed by atoms with Gasteiger partial charge in [0.15, 0.2) is 11.2 Å². The van der Waals surface area contributed by atoms with Gasteiger partial charge >= 0.3 is 0 Å². The van der Waals surface area contributed by atoms with Crippen molar-refractivity contribution < 1.29 is 9.53 Å². The van der Waals surface area contributed by atoms with Crippen molar-refractivity contribution in [2.45, 2.75) is 13.8 Å². The third kappa shape index (κ3) is 2.52. The Morgan fingerprint density at radius 1 is 1.12 bits per heavy atom. The van der Waals surface area contributed by atoms with Crippen molar-refractivity contribution in [3.05, 3.63) is 64.7 Å². The molecule has 4 aromatic rings. The van der Waals surface area contributed by atoms with Crippen LogP contribution in [0.2, 0.25) is 0 Å². The number of aryl methyl sites for hydroxylation is 2. The van der Waals surface area contributed by atoms with E-state index in [0.29, 0.717) is 11.4 Å². The van der Waals surface area contributed by atoms with Gasteiger partial charge in [-0.25, -0.2) is 4.98 Å². The summed E-state index contributed by atoms with van der Waals surface area (Å²) in [5, 5.41) is 2.01. The van der Waals surface area contributed by atoms with Gasteiger partial charge in [-0.15, -0.1) is 11.3 Å². The number of carbonyl (C=O) groups is 1. The monoisotopic (exact) mass is 362 g/mol. The summed E-state index contributed by atoms with van der Waals surface area (Å²) in [6.45, 7) is 4.14. The molecule has 2 heterocycles. The lowest BCUT2D eigenvalue weighted by Crippen LogP contribution is -1.96. The number of aldehydes is 1. The quantitative estimate of drug-likeness (QED) is 0.471. The van der Waals surface area contributed by atoms with Gasteiger partial charge in [0, 0.05) is 16.5 Å². The standard InChI is InChI=1S/C21H18N2O2S/c1-13-8-9-15(10-14(13)2)20-17(11-24)23-18(12-26-21(23)22-20)16-6-4-5-7-19(16)25-3/h4-12H,1-3H3. The molecule has 0 fully saturated rings. The van der Waals surface area contributed by atoms with Gasteiger partial charge in [-0.1, -0.05) is 24.3 Å². The van der Waals surface area contributed by atoms with Gasteiger partial charge in [0.05, 0.1) is 12.8 Å². The highest BCUT2D eigenvalue weighted by atomic mass is 32.1. The van der Waals surface area contributed by atoms with Crippen LogP contribution in [0, 0.1) is 13.8 Å². The first-order chi connectivity index (χ1) is 12.6. The Balaban J connectivity index is 1.97. The number of imidazole rings is 1. The molecule has 2 aromatic carbocycles. The SMILES string of the molecule is COc1ccccc1-c1csc2nc(-c3ccc(C)c(C)c3)c(C=O)n12. The highest BCUT2D eigenvalue weighted by molar-refractivity contribution is 7.15. The zero-order valence-corrected chi connectivity index (χ0v) is 15.6. The van der Waals surface area contributed by atoms with E-state index >= 15 is 0 Å². The van der Waals surface area contributed by atoms with Crippen LogP contribution in [0.5, 0.6) is 5.75 Å². The normalized spacial score (nSPS) is 11.0. The summed E-state index contributed by atoms with van der Waals surface area (Å²) in [4.78, 5) is 17.5. The maximum atomic E-state index is 12.0. The topological polar surface area (TPSA) is 43.6 Å². The van der Waals surface area contributed by atoms with Crippen molar-refractivity contribution >= 4 is 22.6 Å². The molecule has 130 valence electrons. The number of benzene rings is 2. The van der Waals surface area contributed by atoms with Crippen molar-refractivity contribution in [2.75, 3.05) is 7.11 Å². The fourth-order valence-electron chi connectivity index (χ4n) is 3.13. The molecule has 0 N–H and O–H groups in total. The number of ether oxygens (including phenoxy) is 1. The van der Waals surface area contributed by atoms with Crippen LogP contribution in [0.3, 0.4) is 0 Å². The molecular formula is C21H18N2O2S. The zero-order chi connectivity index (χ0) is 18.3. The first-order valence-corrected chi connectivity index (χ1v) is 9.18. The van der Waals surface area contributed by atoms with Crippen LogP contribution in [0.1, 0.15) is 21.6 Å². The average molecular weight is 362 g/mol. The lowest BCUT2D eigenvalue weighted by atomic mass is 10.0. The minimum atomic E-state index is 0.561. The van der Waals surface area contributed by atoms with Gasteiger partial charge < -0.3 is 4.74 Å². The Morgan fingerprint density at radius 3 is 2.65 bits per heavy atom. The predicted molar refractivity (Wildman–Crippen MR) is 105 cm³/mol. The molecule has 0 aliphatic heterocycles. The maximum Gasteiger partial charge on any atom is 0.195 e. The Labute approximate surface area is 155 Å². The molecule has 0 unspecified atom stereocenters. The van der Waals surface area contributed by atoms with E-state index in [2.05, 4.69) is 26.0 Å². The molecule has 0 saturated heterocycles. The number of methoxy groups -OCH3 is 1. The Morgan fingerprint density at radius 2 is 1.92 bits per heavy atom. The van der Waals surface area contributed by atoms with Crippen molar-refractivity contribution in [1.82, 2.24) is 9.38 Å². The molecule has 26 heavy (non-hydrogen) atoms. The van der Waals surface area contributed by atoms with Crippen LogP contribution >= 0.6 is 11.3 Å². The minimum Gasteiger partial charge on any atom is -0.496 e. The molecule has 0 bridgehead atoms. The molecule has 5 heteroatoms. The average Bonchev–Trinajstić information content (AvgIpc) is 3.22. The smallest absolute Gasteiger partial charge is 0.195 e. The fraction of sp³-hybridized carbons (Fsp3) is 0.143. The Kier molecular flexibility index (Phi) is 4.09. The summed E-state index contributed by atoms with van der Waals surface area (Å²) in [6.07, 6.45) is 0.885. The summed E-state index contributed by atoms with van der Waals surface area (Å²) >= 11 is 1.52. The first-order valence-electron chi connectivity index (χ1n) is 8.30. The van der Waals surface area contributed by atoms with E-state index in [4.69, 9.17) is 9.72 Å². The molecule has 0 atom stereocenters. The molecule has 4 rings (SSSR count). The van der Waals surface area contributed by atoms with Gasteiger partial charge in [-0.2, -0.15) is 0 Å². The van der Waals surface area contributed by atoms with Crippen LogP contribution in [0.25, 0.3) is 27.5 Å². The summed E-state index contributed by atoms with van der Waals surface area (Å²) in [6, 6.07) is 14.0. The number of fused-ring (bicyclic) bond motifs is 1. The van der Waals surface area contributed by atoms with E-state index in [0.717, 1.165) is 33.8 Å². The highest BCUT2D eigenvalue weighted by Gasteiger charge is 2.20. The van der Waals surface area contributed by atoms with E-state index in [1.807, 2.05) is 40.1 Å². The summed E-state index contributed by atoms with van der Waals surface area (Å²) < 4.78 is 7.41. The maximum absolute atomic E-state index is 12.0. The Hall–Kier alpha value is -2.92. The third-order valence-electron chi connectivity index (χ3n) is 4.67. The lowest BCUT2D eigenvalue weighted by Gasteiger charge is -2.08. The second-order valence-corrected chi connectivity index (χ2v) is 7.04. The molecule has 0 amide bonds. The lowest BCUT2D eigenvalue weighted by molar-refractivity contribution is 0.111. The zero-order valence-electron chi connectivity index (χ0n) is 14.8. The molecule has 0 saturated carbocycles. The van der Waals surface area contributed by atoms with Crippen molar-refractivity contribution in [3.63, 3.8) is 0 Å². The second kappa shape index (κ2) is 6.42. The van der Waals surface area contributed by atoms with Gasteiger partial charge in [0.25, 0.3) is 0 Å². The summed E-state index contributed by atoms with van der Waals surface area (Å²) in [7, 11) is 1.65. The van der Waals surface area contributed by atoms with E-state index in [1.165, 1.54) is 22.5 Å². The number of thiazole rings is 1. The van der Waals surface area contributed by atoms with Crippen molar-refractivity contribution in [2.24, 2.45) is 0 Å². The van der Waals surface area contributed by atoms with Crippen LogP contribution in [-0.2, 0) is 0 Å². The molecular weight excluding hydrogens is 344 g/mol. The van der Waals surface area contributed by atoms with E-state index in [1.54, 1.807) is 7.11 Å². The van der Waals surface area contributed by atoms with Crippen LogP contribution in [0.15, 0.2) is 47.8 Å². The molecule has 0 spiro atoms. The summed E-state index contributed by atoms with van der Waals surface area (Å²) in [5.41, 5.74) is 6.48. The molecule has 4 nitrogen and oxygen atoms in total. The predicted octanol–water partition coefficient (Wildman–Crippen LogP) is 5.17. The Bertz CT molecular complexity index is 1120. The second-order valence-electron chi connectivity index (χ2n) is 6.20. The highest BCUT2D eigenvalue weighted by Crippen LogP contribution is 2.36. The van der Waals surface area contributed by atoms with Gasteiger partial charge in [0.1, 0.15) is 17.1 Å². The fourth-order valence-corrected chi connectivity index (χ4v) is 4.03. The van der Waals surface area contributed by atoms with Gasteiger partial charge in [0.2, 0.25) is 0 Å². The van der Waals surface area contributed by atoms with Crippen molar-refractivity contribution in [1.29, 1.82) is 0 Å². The third-order valence-corrected chi connectivity index (χ3v) is 5.50. The van der Waals surface area contributed by atoms with Crippen LogP contribution in [-0.4, -0.2) is 22.8 Å². The van der Waals surface area contributed by atoms with E-state index in [9.17, 15) is 4.79 Å². The number of carbonyl (C=O) groups excluding carboxylic acids is 1. The number of hydrogen-bond donors (Lipinski definition) is 0. The number of nitrogens with zero attached hydrogens (tertiary/aromatic N) is 2. The first kappa shape index (κ1) is 16.5. The van der Waals surface area contributed by atoms with E-state index in [-0.39, 0.29) is 0 Å². The van der Waals surface area contributed by atoms with Crippen LogP contribution < -0.4 is 4.74 Å². The molecule has 0 aliphatic rings. The largest absolute Gasteiger partial charge is 0.496 e. The molecule has 2 aromatic heterocycles. The molecule has 0 aliphatic carbocycles. The number of hydrogen-bond acceptors (Lipinski definition) is 4. The summed E-state index contributed by atoms with van der Waals surface area (Å²) in [5.74, 6) is 0.769. The van der Waals surface area contributed by atoms with Crippen molar-refractivity contribution in [3.8, 4) is 28.3 Å². The molecule has 0 radical (unpaired) electrons. The number of para-hydroxylation sites is 1. The number of rotatable bonds is 4. The number of aromatic nitrogens is 2. The minimum absolute atomic E-state index is 0.561. The van der Waals surface area contributed by atoms with Gasteiger partial charge in [-0.3, -0.25) is 9.20 Å².